The van der Waals surface area contributed by atoms with Crippen molar-refractivity contribution in [3.63, 3.8) is 0 Å². The smallest absolute Gasteiger partial charge is 0.213 e. The van der Waals surface area contributed by atoms with Crippen LogP contribution in [0.5, 0.6) is 0 Å². The third-order valence-corrected chi connectivity index (χ3v) is 3.82. The molecule has 0 bridgehead atoms. The summed E-state index contributed by atoms with van der Waals surface area (Å²) in [4.78, 5) is 4.34. The number of nitrogens with zero attached hydrogens (tertiary/aromatic N) is 1. The van der Waals surface area contributed by atoms with Crippen LogP contribution in [-0.2, 0) is 10.0 Å². The van der Waals surface area contributed by atoms with Crippen LogP contribution in [0, 0.1) is 0 Å². The zero-order chi connectivity index (χ0) is 14.1. The minimum Gasteiger partial charge on any atom is -0.370 e. The van der Waals surface area contributed by atoms with Crippen LogP contribution < -0.4 is 15.4 Å². The quantitative estimate of drug-likeness (QED) is 0.636. The molecule has 0 saturated heterocycles. The minimum absolute atomic E-state index is 0.0368. The first kappa shape index (κ1) is 15.7. The van der Waals surface area contributed by atoms with Gasteiger partial charge in [-0.15, -0.1) is 0 Å². The molecule has 0 unspecified atom stereocenters. The molecule has 0 aliphatic rings. The third kappa shape index (κ3) is 6.40. The van der Waals surface area contributed by atoms with Crippen molar-refractivity contribution in [3.05, 3.63) is 18.2 Å². The first-order valence-corrected chi connectivity index (χ1v) is 8.14. The van der Waals surface area contributed by atoms with Gasteiger partial charge < -0.3 is 10.6 Å². The maximum Gasteiger partial charge on any atom is 0.213 e. The van der Waals surface area contributed by atoms with Crippen molar-refractivity contribution in [2.75, 3.05) is 36.0 Å². The Bertz CT molecular complexity index is 476. The van der Waals surface area contributed by atoms with Gasteiger partial charge in [-0.1, -0.05) is 19.9 Å². The molecule has 0 aliphatic heterocycles. The van der Waals surface area contributed by atoms with Crippen LogP contribution in [0.3, 0.4) is 0 Å². The summed E-state index contributed by atoms with van der Waals surface area (Å²) in [5.41, 5.74) is 0. The lowest BCUT2D eigenvalue weighted by molar-refractivity contribution is 0.584. The molecule has 0 aromatic carbocycles. The Balaban J connectivity index is 2.45. The highest BCUT2D eigenvalue weighted by molar-refractivity contribution is 7.89. The monoisotopic (exact) mass is 286 g/mol. The molecule has 3 N–H and O–H groups in total. The molecule has 7 heteroatoms. The van der Waals surface area contributed by atoms with Crippen molar-refractivity contribution >= 4 is 21.7 Å². The number of hydrogen-bond donors (Lipinski definition) is 3. The van der Waals surface area contributed by atoms with E-state index in [9.17, 15) is 8.42 Å². The normalized spacial score (nSPS) is 11.3. The summed E-state index contributed by atoms with van der Waals surface area (Å²) < 4.78 is 25.3. The highest BCUT2D eigenvalue weighted by atomic mass is 32.2. The van der Waals surface area contributed by atoms with Gasteiger partial charge in [0.25, 0.3) is 0 Å². The molecular formula is C12H22N4O2S. The molecule has 0 amide bonds. The lowest BCUT2D eigenvalue weighted by Crippen LogP contribution is -2.29. The molecule has 1 aromatic heterocycles. The summed E-state index contributed by atoms with van der Waals surface area (Å²) in [7, 11) is -3.18. The minimum atomic E-state index is -3.18. The number of pyridine rings is 1. The van der Waals surface area contributed by atoms with Gasteiger partial charge in [-0.2, -0.15) is 0 Å². The lowest BCUT2D eigenvalue weighted by atomic mass is 10.4. The Morgan fingerprint density at radius 1 is 1.11 bits per heavy atom. The van der Waals surface area contributed by atoms with Gasteiger partial charge in [0.15, 0.2) is 0 Å². The first-order chi connectivity index (χ1) is 9.07. The Morgan fingerprint density at radius 3 is 2.32 bits per heavy atom. The Morgan fingerprint density at radius 2 is 1.74 bits per heavy atom. The maximum atomic E-state index is 11.4. The fraction of sp³-hybridized carbons (Fsp3) is 0.583. The maximum absolute atomic E-state index is 11.4. The number of hydrogen-bond acceptors (Lipinski definition) is 5. The van der Waals surface area contributed by atoms with Crippen LogP contribution in [0.15, 0.2) is 18.2 Å². The summed E-state index contributed by atoms with van der Waals surface area (Å²) in [5, 5.41) is 6.19. The van der Waals surface area contributed by atoms with Crippen molar-refractivity contribution in [1.29, 1.82) is 0 Å². The van der Waals surface area contributed by atoms with Crippen LogP contribution in [0.25, 0.3) is 0 Å². The van der Waals surface area contributed by atoms with E-state index in [0.29, 0.717) is 18.9 Å². The second kappa shape index (κ2) is 7.96. The summed E-state index contributed by atoms with van der Waals surface area (Å²) in [6.07, 6.45) is 1.03. The molecule has 1 heterocycles. The predicted molar refractivity (Wildman–Crippen MR) is 79.0 cm³/mol. The molecule has 0 atom stereocenters. The van der Waals surface area contributed by atoms with E-state index in [-0.39, 0.29) is 5.75 Å². The highest BCUT2D eigenvalue weighted by Gasteiger charge is 2.07. The van der Waals surface area contributed by atoms with Crippen LogP contribution in [-0.4, -0.2) is 38.8 Å². The third-order valence-electron chi connectivity index (χ3n) is 2.35. The van der Waals surface area contributed by atoms with E-state index in [1.54, 1.807) is 6.92 Å². The van der Waals surface area contributed by atoms with Crippen molar-refractivity contribution < 1.29 is 8.42 Å². The summed E-state index contributed by atoms with van der Waals surface area (Å²) in [6, 6.07) is 5.58. The van der Waals surface area contributed by atoms with E-state index in [2.05, 4.69) is 27.3 Å². The molecular weight excluding hydrogens is 264 g/mol. The molecule has 1 rings (SSSR count). The molecule has 0 radical (unpaired) electrons. The summed E-state index contributed by atoms with van der Waals surface area (Å²) in [6.45, 7) is 5.46. The largest absolute Gasteiger partial charge is 0.370 e. The number of aromatic nitrogens is 1. The van der Waals surface area contributed by atoms with Crippen LogP contribution in [0.1, 0.15) is 20.3 Å². The second-order valence-corrected chi connectivity index (χ2v) is 6.00. The standard InChI is InChI=1S/C12H22N4O2S/c1-3-8-13-11-6-5-7-12(16-11)14-9-10-19(17,18)15-4-2/h5-7,15H,3-4,8-10H2,1-2H3,(H2,13,14,16). The van der Waals surface area contributed by atoms with Crippen molar-refractivity contribution in [1.82, 2.24) is 9.71 Å². The van der Waals surface area contributed by atoms with Gasteiger partial charge >= 0.3 is 0 Å². The number of sulfonamides is 1. The number of nitrogens with one attached hydrogen (secondary N) is 3. The van der Waals surface area contributed by atoms with E-state index in [1.165, 1.54) is 0 Å². The molecule has 0 aliphatic carbocycles. The fourth-order valence-electron chi connectivity index (χ4n) is 1.49. The number of anilines is 2. The van der Waals surface area contributed by atoms with E-state index in [1.807, 2.05) is 18.2 Å². The molecule has 1 aromatic rings. The van der Waals surface area contributed by atoms with Gasteiger partial charge in [-0.05, 0) is 18.6 Å². The topological polar surface area (TPSA) is 83.1 Å². The van der Waals surface area contributed by atoms with Gasteiger partial charge in [0.1, 0.15) is 11.6 Å². The first-order valence-electron chi connectivity index (χ1n) is 6.49. The molecule has 0 spiro atoms. The number of rotatable bonds is 9. The molecule has 0 fully saturated rings. The molecule has 0 saturated carbocycles. The highest BCUT2D eigenvalue weighted by Crippen LogP contribution is 2.08. The van der Waals surface area contributed by atoms with Crippen molar-refractivity contribution in [2.45, 2.75) is 20.3 Å². The predicted octanol–water partition coefficient (Wildman–Crippen LogP) is 1.25. The van der Waals surface area contributed by atoms with Crippen molar-refractivity contribution in [3.8, 4) is 0 Å². The van der Waals surface area contributed by atoms with Crippen LogP contribution in [0.2, 0.25) is 0 Å². The zero-order valence-corrected chi connectivity index (χ0v) is 12.3. The lowest BCUT2D eigenvalue weighted by Gasteiger charge is -2.09. The fourth-order valence-corrected chi connectivity index (χ4v) is 2.45. The molecule has 108 valence electrons. The molecule has 6 nitrogen and oxygen atoms in total. The van der Waals surface area contributed by atoms with Gasteiger partial charge in [-0.25, -0.2) is 18.1 Å². The Hall–Kier alpha value is -1.34. The van der Waals surface area contributed by atoms with Gasteiger partial charge in [-0.3, -0.25) is 0 Å². The Labute approximate surface area is 115 Å². The van der Waals surface area contributed by atoms with Crippen molar-refractivity contribution in [2.24, 2.45) is 0 Å². The van der Waals surface area contributed by atoms with Crippen LogP contribution >= 0.6 is 0 Å². The van der Waals surface area contributed by atoms with E-state index >= 15 is 0 Å². The average molecular weight is 286 g/mol. The average Bonchev–Trinajstić information content (AvgIpc) is 2.36. The van der Waals surface area contributed by atoms with E-state index in [4.69, 9.17) is 0 Å². The summed E-state index contributed by atoms with van der Waals surface area (Å²) in [5.74, 6) is 1.50. The van der Waals surface area contributed by atoms with Gasteiger partial charge in [0.05, 0.1) is 5.75 Å². The van der Waals surface area contributed by atoms with E-state index in [0.717, 1.165) is 18.8 Å². The van der Waals surface area contributed by atoms with E-state index < -0.39 is 10.0 Å². The Kier molecular flexibility index (Phi) is 6.58. The second-order valence-electron chi connectivity index (χ2n) is 4.08. The zero-order valence-electron chi connectivity index (χ0n) is 11.4. The molecule has 19 heavy (non-hydrogen) atoms. The van der Waals surface area contributed by atoms with Gasteiger partial charge in [0.2, 0.25) is 10.0 Å². The summed E-state index contributed by atoms with van der Waals surface area (Å²) >= 11 is 0. The SMILES string of the molecule is CCCNc1cccc(NCCS(=O)(=O)NCC)n1. The van der Waals surface area contributed by atoms with Crippen LogP contribution in [0.4, 0.5) is 11.6 Å². The van der Waals surface area contributed by atoms with Gasteiger partial charge in [0, 0.05) is 19.6 Å².